The summed E-state index contributed by atoms with van der Waals surface area (Å²) in [5.41, 5.74) is 7.00. The molecular weight excluding hydrogens is 564 g/mol. The van der Waals surface area contributed by atoms with Crippen molar-refractivity contribution in [1.82, 2.24) is 8.75 Å². The number of hydrogen-bond donors (Lipinski definition) is 1. The van der Waals surface area contributed by atoms with E-state index in [0.717, 1.165) is 51.7 Å². The molecule has 43 heavy (non-hydrogen) atoms. The average molecular weight is 595 g/mol. The largest absolute Gasteiger partial charge is 0.496 e. The summed E-state index contributed by atoms with van der Waals surface area (Å²) < 4.78 is 24.6. The van der Waals surface area contributed by atoms with E-state index in [0.29, 0.717) is 39.8 Å². The topological polar surface area (TPSA) is 108 Å². The summed E-state index contributed by atoms with van der Waals surface area (Å²) in [4.78, 5) is 23.4. The van der Waals surface area contributed by atoms with Crippen molar-refractivity contribution in [3.63, 3.8) is 0 Å². The molecule has 0 amide bonds. The SMILES string of the molecule is COc1ccc(C=O)cc1C.COc1ccc(CC2=C(c3ccc4nsnc4c3)C(=O)OC2(O)c2ccccc2)cc1C. The zero-order valence-electron chi connectivity index (χ0n) is 24.2. The smallest absolute Gasteiger partial charge is 0.342 e. The molecule has 2 heterocycles. The van der Waals surface area contributed by atoms with Gasteiger partial charge in [-0.3, -0.25) is 4.79 Å². The Bertz CT molecular complexity index is 1830. The minimum Gasteiger partial charge on any atom is -0.496 e. The Hall–Kier alpha value is -4.86. The zero-order chi connectivity index (χ0) is 30.6. The molecule has 0 saturated heterocycles. The van der Waals surface area contributed by atoms with Gasteiger partial charge in [0.2, 0.25) is 0 Å². The summed E-state index contributed by atoms with van der Waals surface area (Å²) in [6, 6.07) is 25.5. The first-order valence-corrected chi connectivity index (χ1v) is 14.2. The van der Waals surface area contributed by atoms with Crippen LogP contribution < -0.4 is 9.47 Å². The van der Waals surface area contributed by atoms with Gasteiger partial charge in [-0.1, -0.05) is 48.5 Å². The molecule has 0 bridgehead atoms. The maximum Gasteiger partial charge on any atom is 0.342 e. The Balaban J connectivity index is 0.000000283. The molecule has 5 aromatic rings. The van der Waals surface area contributed by atoms with Crippen molar-refractivity contribution in [3.8, 4) is 11.5 Å². The Kier molecular flexibility index (Phi) is 8.66. The van der Waals surface area contributed by atoms with Crippen LogP contribution in [0.15, 0.2) is 90.5 Å². The predicted octanol–water partition coefficient (Wildman–Crippen LogP) is 6.22. The molecule has 1 aromatic heterocycles. The van der Waals surface area contributed by atoms with Crippen LogP contribution in [0, 0.1) is 13.8 Å². The summed E-state index contributed by atoms with van der Waals surface area (Å²) in [6.07, 6.45) is 1.15. The average Bonchev–Trinajstić information content (AvgIpc) is 3.59. The van der Waals surface area contributed by atoms with Crippen molar-refractivity contribution in [2.75, 3.05) is 14.2 Å². The third kappa shape index (κ3) is 6.04. The lowest BCUT2D eigenvalue weighted by molar-refractivity contribution is -0.185. The standard InChI is InChI=1S/C25H20N2O4S.C9H10O2/c1-15-12-16(8-11-22(15)30-2)13-19-23(17-9-10-20-21(14-17)27-32-26-20)24(28)31-25(19,29)18-6-4-3-5-7-18;1-7-5-8(6-10)3-4-9(7)11-2/h3-12,14,29H,13H2,1-2H3;3-6H,1-2H3. The third-order valence-electron chi connectivity index (χ3n) is 7.26. The molecule has 0 aliphatic carbocycles. The minimum atomic E-state index is -1.86. The van der Waals surface area contributed by atoms with Crippen LogP contribution in [0.3, 0.4) is 0 Å². The van der Waals surface area contributed by atoms with Gasteiger partial charge in [-0.05, 0) is 72.5 Å². The van der Waals surface area contributed by atoms with Gasteiger partial charge < -0.3 is 19.3 Å². The highest BCUT2D eigenvalue weighted by molar-refractivity contribution is 7.00. The van der Waals surface area contributed by atoms with E-state index in [2.05, 4.69) is 8.75 Å². The van der Waals surface area contributed by atoms with Crippen molar-refractivity contribution in [2.45, 2.75) is 26.1 Å². The lowest BCUT2D eigenvalue weighted by Gasteiger charge is -2.25. The molecule has 4 aromatic carbocycles. The fourth-order valence-corrected chi connectivity index (χ4v) is 5.62. The van der Waals surface area contributed by atoms with E-state index in [4.69, 9.17) is 14.2 Å². The van der Waals surface area contributed by atoms with E-state index in [-0.39, 0.29) is 0 Å². The molecule has 0 radical (unpaired) electrons. The van der Waals surface area contributed by atoms with Crippen LogP contribution in [0.4, 0.5) is 0 Å². The van der Waals surface area contributed by atoms with Crippen molar-refractivity contribution >= 4 is 40.6 Å². The van der Waals surface area contributed by atoms with E-state index in [1.54, 1.807) is 56.7 Å². The number of methoxy groups -OCH3 is 2. The van der Waals surface area contributed by atoms with Gasteiger partial charge in [-0.2, -0.15) is 8.75 Å². The summed E-state index contributed by atoms with van der Waals surface area (Å²) in [6.45, 7) is 3.87. The highest BCUT2D eigenvalue weighted by atomic mass is 32.1. The predicted molar refractivity (Wildman–Crippen MR) is 165 cm³/mol. The third-order valence-corrected chi connectivity index (χ3v) is 7.81. The molecule has 0 fully saturated rings. The first kappa shape index (κ1) is 29.6. The number of fused-ring (bicyclic) bond motifs is 1. The van der Waals surface area contributed by atoms with E-state index >= 15 is 0 Å². The molecule has 1 N–H and O–H groups in total. The Morgan fingerprint density at radius 2 is 1.53 bits per heavy atom. The van der Waals surface area contributed by atoms with Crippen LogP contribution in [0.1, 0.15) is 38.2 Å². The van der Waals surface area contributed by atoms with Crippen molar-refractivity contribution < 1.29 is 28.9 Å². The summed E-state index contributed by atoms with van der Waals surface area (Å²) >= 11 is 1.12. The van der Waals surface area contributed by atoms with Crippen LogP contribution in [0.2, 0.25) is 0 Å². The molecular formula is C34H30N2O6S. The first-order chi connectivity index (χ1) is 20.8. The molecule has 218 valence electrons. The fraction of sp³-hybridized carbons (Fsp3) is 0.176. The lowest BCUT2D eigenvalue weighted by Crippen LogP contribution is -2.29. The van der Waals surface area contributed by atoms with Crippen LogP contribution >= 0.6 is 11.7 Å². The van der Waals surface area contributed by atoms with Crippen molar-refractivity contribution in [1.29, 1.82) is 0 Å². The van der Waals surface area contributed by atoms with Crippen molar-refractivity contribution in [3.05, 3.63) is 124 Å². The van der Waals surface area contributed by atoms with Gasteiger partial charge in [-0.15, -0.1) is 0 Å². The summed E-state index contributed by atoms with van der Waals surface area (Å²) in [7, 11) is 3.24. The van der Waals surface area contributed by atoms with E-state index in [1.165, 1.54) is 0 Å². The summed E-state index contributed by atoms with van der Waals surface area (Å²) in [5, 5.41) is 11.7. The van der Waals surface area contributed by atoms with Gasteiger partial charge in [-0.25, -0.2) is 4.79 Å². The van der Waals surface area contributed by atoms with Crippen LogP contribution in [-0.2, 0) is 21.7 Å². The van der Waals surface area contributed by atoms with Gasteiger partial charge >= 0.3 is 5.97 Å². The molecule has 0 spiro atoms. The number of hydrogen-bond acceptors (Lipinski definition) is 9. The maximum atomic E-state index is 13.1. The molecule has 9 heteroatoms. The summed E-state index contributed by atoms with van der Waals surface area (Å²) in [5.74, 6) is -0.840. The second-order valence-corrected chi connectivity index (χ2v) is 10.6. The van der Waals surface area contributed by atoms with E-state index in [9.17, 15) is 14.7 Å². The highest BCUT2D eigenvalue weighted by Gasteiger charge is 2.48. The number of aldehydes is 1. The molecule has 6 rings (SSSR count). The number of carbonyl (C=O) groups is 2. The number of aromatic nitrogens is 2. The highest BCUT2D eigenvalue weighted by Crippen LogP contribution is 2.45. The number of rotatable bonds is 7. The van der Waals surface area contributed by atoms with E-state index < -0.39 is 11.8 Å². The molecule has 1 aliphatic rings. The van der Waals surface area contributed by atoms with E-state index in [1.807, 2.05) is 56.3 Å². The molecule has 1 aliphatic heterocycles. The van der Waals surface area contributed by atoms with Gasteiger partial charge in [0.25, 0.3) is 5.79 Å². The number of benzene rings is 4. The van der Waals surface area contributed by atoms with Gasteiger partial charge in [0.15, 0.2) is 0 Å². The number of aliphatic hydroxyl groups is 1. The Morgan fingerprint density at radius 3 is 2.19 bits per heavy atom. The van der Waals surface area contributed by atoms with Crippen molar-refractivity contribution in [2.24, 2.45) is 0 Å². The Morgan fingerprint density at radius 1 is 0.860 bits per heavy atom. The second-order valence-electron chi connectivity index (χ2n) is 10.0. The number of aryl methyl sites for hydroxylation is 2. The quantitative estimate of drug-likeness (QED) is 0.175. The van der Waals surface area contributed by atoms with Crippen LogP contribution in [0.25, 0.3) is 16.6 Å². The number of ether oxygens (including phenoxy) is 3. The number of esters is 1. The van der Waals surface area contributed by atoms with Crippen LogP contribution in [-0.4, -0.2) is 40.3 Å². The van der Waals surface area contributed by atoms with Gasteiger partial charge in [0.1, 0.15) is 28.8 Å². The fourth-order valence-electron chi connectivity index (χ4n) is 5.10. The van der Waals surface area contributed by atoms with Gasteiger partial charge in [0, 0.05) is 23.1 Å². The molecule has 1 unspecified atom stereocenters. The van der Waals surface area contributed by atoms with Crippen LogP contribution in [0.5, 0.6) is 11.5 Å². The maximum absolute atomic E-state index is 13.1. The minimum absolute atomic E-state index is 0.324. The molecule has 8 nitrogen and oxygen atoms in total. The second kappa shape index (κ2) is 12.6. The number of cyclic esters (lactones) is 1. The number of nitrogens with zero attached hydrogens (tertiary/aromatic N) is 2. The van der Waals surface area contributed by atoms with Gasteiger partial charge in [0.05, 0.1) is 31.5 Å². The lowest BCUT2D eigenvalue weighted by atomic mass is 9.87. The Labute approximate surface area is 253 Å². The molecule has 1 atom stereocenters. The molecule has 0 saturated carbocycles. The monoisotopic (exact) mass is 594 g/mol. The first-order valence-electron chi connectivity index (χ1n) is 13.5. The number of carbonyl (C=O) groups excluding carboxylic acids is 2. The normalized spacial score (nSPS) is 16.0. The zero-order valence-corrected chi connectivity index (χ0v) is 25.0.